The molecule has 1 heterocycles. The van der Waals surface area contributed by atoms with Gasteiger partial charge in [-0.2, -0.15) is 0 Å². The third kappa shape index (κ3) is 1.63. The fraction of sp³-hybridized carbons (Fsp3) is 0.200. The van der Waals surface area contributed by atoms with Crippen molar-refractivity contribution in [2.45, 2.75) is 13.3 Å². The van der Waals surface area contributed by atoms with Crippen LogP contribution >= 0.6 is 0 Å². The molecule has 0 aromatic heterocycles. The van der Waals surface area contributed by atoms with Crippen LogP contribution in [0.5, 0.6) is 0 Å². The molecule has 0 atom stereocenters. The second kappa shape index (κ2) is 4.02. The Labute approximate surface area is 106 Å². The largest absolute Gasteiger partial charge is 0.398 e. The van der Waals surface area contributed by atoms with Crippen LogP contribution < -0.4 is 10.6 Å². The zero-order valence-electron chi connectivity index (χ0n) is 10.3. The lowest BCUT2D eigenvalue weighted by atomic mass is 10.1. The van der Waals surface area contributed by atoms with Crippen LogP contribution in [0.4, 0.5) is 21.5 Å². The van der Waals surface area contributed by atoms with Gasteiger partial charge in [0.25, 0.3) is 0 Å². The van der Waals surface area contributed by atoms with E-state index in [-0.39, 0.29) is 5.82 Å². The predicted octanol–water partition coefficient (Wildman–Crippen LogP) is 3.41. The van der Waals surface area contributed by atoms with Gasteiger partial charge in [-0.15, -0.1) is 0 Å². The highest BCUT2D eigenvalue weighted by molar-refractivity contribution is 5.75. The van der Waals surface area contributed by atoms with Gasteiger partial charge in [0.2, 0.25) is 0 Å². The Bertz CT molecular complexity index is 607. The number of nitrogens with two attached hydrogens (primary N) is 1. The second-order valence-corrected chi connectivity index (χ2v) is 4.67. The van der Waals surface area contributed by atoms with E-state index in [4.69, 9.17) is 5.73 Å². The molecule has 1 aliphatic rings. The minimum atomic E-state index is -0.192. The molecule has 0 bridgehead atoms. The third-order valence-electron chi connectivity index (χ3n) is 3.58. The number of anilines is 3. The number of benzene rings is 2. The van der Waals surface area contributed by atoms with Gasteiger partial charge in [-0.3, -0.25) is 0 Å². The maximum atomic E-state index is 13.4. The summed E-state index contributed by atoms with van der Waals surface area (Å²) in [5, 5.41) is 0. The first kappa shape index (κ1) is 11.1. The normalized spacial score (nSPS) is 13.8. The number of rotatable bonds is 1. The van der Waals surface area contributed by atoms with Crippen LogP contribution in [0, 0.1) is 12.7 Å². The molecule has 0 fully saturated rings. The van der Waals surface area contributed by atoms with Gasteiger partial charge in [0, 0.05) is 23.6 Å². The predicted molar refractivity (Wildman–Crippen MR) is 72.7 cm³/mol. The van der Waals surface area contributed by atoms with E-state index in [1.165, 1.54) is 11.6 Å². The Balaban J connectivity index is 2.11. The van der Waals surface area contributed by atoms with Crippen molar-refractivity contribution in [3.63, 3.8) is 0 Å². The molecule has 0 amide bonds. The van der Waals surface area contributed by atoms with Gasteiger partial charge in [0.15, 0.2) is 0 Å². The molecular weight excluding hydrogens is 227 g/mol. The summed E-state index contributed by atoms with van der Waals surface area (Å²) in [7, 11) is 0. The third-order valence-corrected chi connectivity index (χ3v) is 3.58. The molecule has 0 radical (unpaired) electrons. The number of hydrogen-bond donors (Lipinski definition) is 1. The highest BCUT2D eigenvalue weighted by Crippen LogP contribution is 2.37. The number of fused-ring (bicyclic) bond motifs is 1. The van der Waals surface area contributed by atoms with Gasteiger partial charge in [0.05, 0.1) is 0 Å². The minimum absolute atomic E-state index is 0.192. The Morgan fingerprint density at radius 3 is 2.83 bits per heavy atom. The first-order chi connectivity index (χ1) is 8.66. The monoisotopic (exact) mass is 242 g/mol. The lowest BCUT2D eigenvalue weighted by Gasteiger charge is -2.22. The Morgan fingerprint density at radius 1 is 1.17 bits per heavy atom. The van der Waals surface area contributed by atoms with Crippen molar-refractivity contribution in [1.82, 2.24) is 0 Å². The fourth-order valence-electron chi connectivity index (χ4n) is 2.54. The smallest absolute Gasteiger partial charge is 0.125 e. The van der Waals surface area contributed by atoms with Gasteiger partial charge in [-0.1, -0.05) is 12.1 Å². The number of hydrogen-bond acceptors (Lipinski definition) is 2. The molecule has 2 N–H and O–H groups in total. The van der Waals surface area contributed by atoms with E-state index in [2.05, 4.69) is 4.90 Å². The maximum Gasteiger partial charge on any atom is 0.125 e. The van der Waals surface area contributed by atoms with E-state index in [9.17, 15) is 4.39 Å². The summed E-state index contributed by atoms with van der Waals surface area (Å²) in [5.74, 6) is -0.192. The maximum absolute atomic E-state index is 13.4. The Morgan fingerprint density at radius 2 is 2.00 bits per heavy atom. The number of nitrogen functional groups attached to an aromatic ring is 1. The van der Waals surface area contributed by atoms with E-state index in [0.717, 1.165) is 35.6 Å². The average Bonchev–Trinajstić information content (AvgIpc) is 2.75. The summed E-state index contributed by atoms with van der Waals surface area (Å²) in [6, 6.07) is 10.9. The van der Waals surface area contributed by atoms with E-state index >= 15 is 0 Å². The van der Waals surface area contributed by atoms with Crippen LogP contribution in [0.3, 0.4) is 0 Å². The molecule has 2 aromatic carbocycles. The highest BCUT2D eigenvalue weighted by Gasteiger charge is 2.22. The quantitative estimate of drug-likeness (QED) is 0.776. The zero-order valence-corrected chi connectivity index (χ0v) is 10.3. The molecule has 0 aliphatic carbocycles. The van der Waals surface area contributed by atoms with Gasteiger partial charge < -0.3 is 10.6 Å². The molecule has 3 rings (SSSR count). The van der Waals surface area contributed by atoms with E-state index < -0.39 is 0 Å². The van der Waals surface area contributed by atoms with Crippen LogP contribution in [0.2, 0.25) is 0 Å². The van der Waals surface area contributed by atoms with Gasteiger partial charge in [-0.25, -0.2) is 4.39 Å². The molecule has 92 valence electrons. The molecule has 18 heavy (non-hydrogen) atoms. The van der Waals surface area contributed by atoms with Crippen LogP contribution in [0.25, 0.3) is 0 Å². The van der Waals surface area contributed by atoms with Crippen molar-refractivity contribution in [3.8, 4) is 0 Å². The summed E-state index contributed by atoms with van der Waals surface area (Å²) in [4.78, 5) is 2.14. The number of halogens is 1. The van der Waals surface area contributed by atoms with E-state index in [1.807, 2.05) is 31.2 Å². The summed E-state index contributed by atoms with van der Waals surface area (Å²) in [6.45, 7) is 2.88. The number of nitrogens with zero attached hydrogens (tertiary/aromatic N) is 1. The summed E-state index contributed by atoms with van der Waals surface area (Å²) in [5.41, 5.74) is 11.0. The molecule has 2 nitrogen and oxygen atoms in total. The molecule has 0 unspecified atom stereocenters. The minimum Gasteiger partial charge on any atom is -0.398 e. The SMILES string of the molecule is Cc1c(N)cccc1N1CCc2ccc(F)cc21. The molecule has 0 spiro atoms. The standard InChI is InChI=1S/C15H15FN2/c1-10-13(17)3-2-4-14(10)18-8-7-11-5-6-12(16)9-15(11)18/h2-6,9H,7-8,17H2,1H3. The topological polar surface area (TPSA) is 29.3 Å². The lowest BCUT2D eigenvalue weighted by Crippen LogP contribution is -2.15. The fourth-order valence-corrected chi connectivity index (χ4v) is 2.54. The van der Waals surface area contributed by atoms with E-state index in [0.29, 0.717) is 0 Å². The first-order valence-electron chi connectivity index (χ1n) is 6.08. The van der Waals surface area contributed by atoms with Crippen LogP contribution in [-0.2, 0) is 6.42 Å². The molecule has 3 heteroatoms. The van der Waals surface area contributed by atoms with Gasteiger partial charge in [0.1, 0.15) is 5.82 Å². The molecule has 0 saturated carbocycles. The first-order valence-corrected chi connectivity index (χ1v) is 6.08. The van der Waals surface area contributed by atoms with Crippen LogP contribution in [-0.4, -0.2) is 6.54 Å². The molecule has 1 aliphatic heterocycles. The second-order valence-electron chi connectivity index (χ2n) is 4.67. The van der Waals surface area contributed by atoms with Crippen LogP contribution in [0.1, 0.15) is 11.1 Å². The zero-order chi connectivity index (χ0) is 12.7. The van der Waals surface area contributed by atoms with Crippen molar-refractivity contribution >= 4 is 17.1 Å². The lowest BCUT2D eigenvalue weighted by molar-refractivity contribution is 0.628. The highest BCUT2D eigenvalue weighted by atomic mass is 19.1. The molecular formula is C15H15FN2. The molecule has 2 aromatic rings. The van der Waals surface area contributed by atoms with Crippen molar-refractivity contribution in [2.24, 2.45) is 0 Å². The van der Waals surface area contributed by atoms with Crippen molar-refractivity contribution in [3.05, 3.63) is 53.3 Å². The Hall–Kier alpha value is -2.03. The average molecular weight is 242 g/mol. The van der Waals surface area contributed by atoms with Crippen LogP contribution in [0.15, 0.2) is 36.4 Å². The Kier molecular flexibility index (Phi) is 2.47. The van der Waals surface area contributed by atoms with Crippen molar-refractivity contribution < 1.29 is 4.39 Å². The van der Waals surface area contributed by atoms with Crippen molar-refractivity contribution in [1.29, 1.82) is 0 Å². The van der Waals surface area contributed by atoms with Gasteiger partial charge in [-0.05, 0) is 48.7 Å². The molecule has 0 saturated heterocycles. The summed E-state index contributed by atoms with van der Waals surface area (Å²) < 4.78 is 13.4. The van der Waals surface area contributed by atoms with Crippen molar-refractivity contribution in [2.75, 3.05) is 17.2 Å². The van der Waals surface area contributed by atoms with Gasteiger partial charge >= 0.3 is 0 Å². The summed E-state index contributed by atoms with van der Waals surface area (Å²) in [6.07, 6.45) is 0.948. The van der Waals surface area contributed by atoms with E-state index in [1.54, 1.807) is 6.07 Å². The summed E-state index contributed by atoms with van der Waals surface area (Å²) >= 11 is 0.